The summed E-state index contributed by atoms with van der Waals surface area (Å²) in [4.78, 5) is 48.3. The Morgan fingerprint density at radius 2 is 1.86 bits per heavy atom. The maximum absolute atomic E-state index is 12.5. The van der Waals surface area contributed by atoms with Crippen molar-refractivity contribution in [2.45, 2.75) is 17.4 Å². The Kier molecular flexibility index (Phi) is 5.17. The van der Waals surface area contributed by atoms with E-state index in [0.717, 1.165) is 10.9 Å². The van der Waals surface area contributed by atoms with Crippen molar-refractivity contribution >= 4 is 55.6 Å². The van der Waals surface area contributed by atoms with Gasteiger partial charge >= 0.3 is 11.9 Å². The van der Waals surface area contributed by atoms with Gasteiger partial charge < -0.3 is 9.47 Å². The van der Waals surface area contributed by atoms with E-state index in [2.05, 4.69) is 42.7 Å². The molecule has 2 N–H and O–H groups in total. The van der Waals surface area contributed by atoms with Crippen molar-refractivity contribution in [3.63, 3.8) is 0 Å². The van der Waals surface area contributed by atoms with Crippen LogP contribution in [-0.2, 0) is 23.9 Å². The Morgan fingerprint density at radius 3 is 2.57 bits per heavy atom. The maximum Gasteiger partial charge on any atom is 0.310 e. The van der Waals surface area contributed by atoms with E-state index in [1.807, 2.05) is 0 Å². The first-order valence-electron chi connectivity index (χ1n) is 8.73. The van der Waals surface area contributed by atoms with Gasteiger partial charge in [0.2, 0.25) is 0 Å². The monoisotopic (exact) mass is 514 g/mol. The highest BCUT2D eigenvalue weighted by Gasteiger charge is 2.68. The molecule has 2 amide bonds. The fourth-order valence-corrected chi connectivity index (χ4v) is 5.67. The third-order valence-electron chi connectivity index (χ3n) is 5.56. The van der Waals surface area contributed by atoms with E-state index in [1.54, 1.807) is 24.3 Å². The van der Waals surface area contributed by atoms with Crippen molar-refractivity contribution in [1.82, 2.24) is 10.9 Å². The average Bonchev–Trinajstić information content (AvgIpc) is 3.29. The van der Waals surface area contributed by atoms with Gasteiger partial charge in [-0.2, -0.15) is 0 Å². The lowest BCUT2D eigenvalue weighted by Crippen LogP contribution is -2.44. The normalized spacial score (nSPS) is 32.0. The molecule has 1 aromatic rings. The highest BCUT2D eigenvalue weighted by Crippen LogP contribution is 2.60. The second-order valence-electron chi connectivity index (χ2n) is 7.08. The molecule has 0 radical (unpaired) electrons. The van der Waals surface area contributed by atoms with E-state index >= 15 is 0 Å². The van der Waals surface area contributed by atoms with Gasteiger partial charge in [-0.3, -0.25) is 30.0 Å². The summed E-state index contributed by atoms with van der Waals surface area (Å²) in [6.45, 7) is -0.550. The number of amides is 2. The lowest BCUT2D eigenvalue weighted by molar-refractivity contribution is -0.158. The fraction of sp³-hybridized carbons (Fsp3) is 0.444. The molecule has 28 heavy (non-hydrogen) atoms. The second-order valence-corrected chi connectivity index (χ2v) is 9.05. The standard InChI is InChI=1S/C18H16Br2N2O6/c19-8-3-1-7(2-4-8)16(24)22-21-11(23)6-27-17(25)12-9-5-10-13(12)18(26)28-15(10)14(9)20/h1-4,9-10,12-15H,5-6H2,(H,21,23)(H,22,24)/t9-,10-,12-,13+,14-,15+/m1/s1. The van der Waals surface area contributed by atoms with E-state index in [0.29, 0.717) is 5.56 Å². The molecule has 0 aromatic heterocycles. The smallest absolute Gasteiger partial charge is 0.310 e. The van der Waals surface area contributed by atoms with Crippen LogP contribution in [-0.4, -0.2) is 41.3 Å². The van der Waals surface area contributed by atoms with Crippen molar-refractivity contribution in [3.8, 4) is 0 Å². The van der Waals surface area contributed by atoms with Gasteiger partial charge in [0.15, 0.2) is 6.61 Å². The number of esters is 2. The van der Waals surface area contributed by atoms with Crippen molar-refractivity contribution in [2.24, 2.45) is 23.7 Å². The molecule has 2 bridgehead atoms. The molecule has 2 aliphatic carbocycles. The van der Waals surface area contributed by atoms with Gasteiger partial charge in [-0.25, -0.2) is 0 Å². The topological polar surface area (TPSA) is 111 Å². The van der Waals surface area contributed by atoms with Crippen LogP contribution in [0.3, 0.4) is 0 Å². The van der Waals surface area contributed by atoms with Crippen LogP contribution >= 0.6 is 31.9 Å². The number of fused-ring (bicyclic) bond motifs is 1. The van der Waals surface area contributed by atoms with Crippen LogP contribution in [0.4, 0.5) is 0 Å². The van der Waals surface area contributed by atoms with E-state index in [-0.39, 0.29) is 28.7 Å². The molecule has 1 aliphatic heterocycles. The Labute approximate surface area is 176 Å². The van der Waals surface area contributed by atoms with Crippen molar-refractivity contribution in [1.29, 1.82) is 0 Å². The first-order chi connectivity index (χ1) is 13.4. The van der Waals surface area contributed by atoms with E-state index in [9.17, 15) is 19.2 Å². The van der Waals surface area contributed by atoms with Crippen LogP contribution in [0.2, 0.25) is 0 Å². The summed E-state index contributed by atoms with van der Waals surface area (Å²) in [5.41, 5.74) is 4.81. The van der Waals surface area contributed by atoms with Crippen molar-refractivity contribution in [3.05, 3.63) is 34.3 Å². The number of ether oxygens (including phenoxy) is 2. The average molecular weight is 516 g/mol. The van der Waals surface area contributed by atoms with Gasteiger partial charge in [0.1, 0.15) is 6.10 Å². The van der Waals surface area contributed by atoms with Crippen LogP contribution in [0.25, 0.3) is 0 Å². The third-order valence-corrected chi connectivity index (χ3v) is 7.29. The minimum absolute atomic E-state index is 0.0263. The molecule has 4 rings (SSSR count). The second kappa shape index (κ2) is 7.47. The maximum atomic E-state index is 12.5. The fourth-order valence-electron chi connectivity index (χ4n) is 4.36. The highest BCUT2D eigenvalue weighted by molar-refractivity contribution is 9.10. The Morgan fingerprint density at radius 1 is 1.14 bits per heavy atom. The van der Waals surface area contributed by atoms with Gasteiger partial charge in [-0.05, 0) is 36.6 Å². The largest absolute Gasteiger partial charge is 0.461 e. The minimum Gasteiger partial charge on any atom is -0.461 e. The van der Waals surface area contributed by atoms with Crippen LogP contribution in [0, 0.1) is 23.7 Å². The summed E-state index contributed by atoms with van der Waals surface area (Å²) >= 11 is 6.79. The number of rotatable bonds is 4. The molecule has 0 unspecified atom stereocenters. The molecule has 10 heteroatoms. The zero-order valence-electron chi connectivity index (χ0n) is 14.4. The highest BCUT2D eigenvalue weighted by atomic mass is 79.9. The number of hydrogen-bond donors (Lipinski definition) is 2. The number of benzene rings is 1. The molecule has 0 spiro atoms. The summed E-state index contributed by atoms with van der Waals surface area (Å²) < 4.78 is 11.3. The van der Waals surface area contributed by atoms with E-state index in [1.165, 1.54) is 0 Å². The number of carbonyl (C=O) groups excluding carboxylic acids is 4. The van der Waals surface area contributed by atoms with Gasteiger partial charge in [0.25, 0.3) is 11.8 Å². The minimum atomic E-state index is -0.677. The molecular formula is C18H16Br2N2O6. The Bertz CT molecular complexity index is 845. The summed E-state index contributed by atoms with van der Waals surface area (Å²) in [5, 5.41) is 0. The molecular weight excluding hydrogens is 500 g/mol. The summed E-state index contributed by atoms with van der Waals surface area (Å²) in [6.07, 6.45) is 0.551. The van der Waals surface area contributed by atoms with Gasteiger partial charge in [0.05, 0.1) is 16.7 Å². The SMILES string of the molecule is O=C(COC(=O)[C@@H]1[C@H]2C[C@H]3[C@H](OC(=O)[C@@H]31)[C@@H]2Br)NNC(=O)c1ccc(Br)cc1. The number of hydrazine groups is 1. The molecule has 3 aliphatic rings. The molecule has 148 valence electrons. The third kappa shape index (κ3) is 3.32. The molecule has 3 fully saturated rings. The van der Waals surface area contributed by atoms with Crippen LogP contribution in [0.1, 0.15) is 16.8 Å². The van der Waals surface area contributed by atoms with Crippen LogP contribution in [0.15, 0.2) is 28.7 Å². The first kappa shape index (κ1) is 19.4. The van der Waals surface area contributed by atoms with Crippen LogP contribution in [0.5, 0.6) is 0 Å². The van der Waals surface area contributed by atoms with E-state index in [4.69, 9.17) is 9.47 Å². The molecule has 1 heterocycles. The van der Waals surface area contributed by atoms with E-state index < -0.39 is 36.2 Å². The summed E-state index contributed by atoms with van der Waals surface area (Å²) in [6, 6.07) is 6.57. The van der Waals surface area contributed by atoms with Gasteiger partial charge in [0, 0.05) is 16.0 Å². The quantitative estimate of drug-likeness (QED) is 0.355. The molecule has 2 saturated carbocycles. The summed E-state index contributed by atoms with van der Waals surface area (Å²) in [7, 11) is 0. The Hall–Kier alpha value is -1.94. The predicted octanol–water partition coefficient (Wildman–Crippen LogP) is 1.32. The van der Waals surface area contributed by atoms with Crippen LogP contribution < -0.4 is 10.9 Å². The summed E-state index contributed by atoms with van der Waals surface area (Å²) in [5.74, 6) is -3.24. The number of halogens is 2. The number of alkyl halides is 1. The molecule has 8 nitrogen and oxygen atoms in total. The van der Waals surface area contributed by atoms with Gasteiger partial charge in [-0.1, -0.05) is 31.9 Å². The molecule has 6 atom stereocenters. The lowest BCUT2D eigenvalue weighted by atomic mass is 9.80. The van der Waals surface area contributed by atoms with Crippen molar-refractivity contribution in [2.75, 3.05) is 6.61 Å². The lowest BCUT2D eigenvalue weighted by Gasteiger charge is -2.26. The Balaban J connectivity index is 1.27. The molecule has 1 aromatic carbocycles. The number of hydrogen-bond acceptors (Lipinski definition) is 6. The van der Waals surface area contributed by atoms with Gasteiger partial charge in [-0.15, -0.1) is 0 Å². The zero-order chi connectivity index (χ0) is 20.0. The predicted molar refractivity (Wildman–Crippen MR) is 102 cm³/mol. The molecule has 1 saturated heterocycles. The first-order valence-corrected chi connectivity index (χ1v) is 10.4. The zero-order valence-corrected chi connectivity index (χ0v) is 17.6. The number of nitrogens with one attached hydrogen (secondary N) is 2. The number of carbonyl (C=O) groups is 4. The van der Waals surface area contributed by atoms with Crippen molar-refractivity contribution < 1.29 is 28.7 Å².